The molecule has 36 heavy (non-hydrogen) atoms. The number of amides is 3. The van der Waals surface area contributed by atoms with Crippen LogP contribution in [0.2, 0.25) is 0 Å². The Balaban J connectivity index is 1.25. The molecule has 0 aromatic heterocycles. The molecule has 0 saturated carbocycles. The normalized spacial score (nSPS) is 24.5. The van der Waals surface area contributed by atoms with Crippen LogP contribution in [0.4, 0.5) is 11.4 Å². The maximum atomic E-state index is 13.5. The highest BCUT2D eigenvalue weighted by Crippen LogP contribution is 2.44. The molecular weight excluding hydrogens is 452 g/mol. The van der Waals surface area contributed by atoms with Crippen molar-refractivity contribution in [3.05, 3.63) is 94.0 Å². The second kappa shape index (κ2) is 7.87. The zero-order chi connectivity index (χ0) is 24.6. The van der Waals surface area contributed by atoms with E-state index < -0.39 is 6.23 Å². The lowest BCUT2D eigenvalue weighted by molar-refractivity contribution is -0.120. The lowest BCUT2D eigenvalue weighted by Gasteiger charge is -2.42. The average molecular weight is 479 g/mol. The van der Waals surface area contributed by atoms with Gasteiger partial charge in [0.25, 0.3) is 11.8 Å². The molecule has 0 bridgehead atoms. The summed E-state index contributed by atoms with van der Waals surface area (Å²) in [6.45, 7) is 0. The largest absolute Gasteiger partial charge is 0.372 e. The summed E-state index contributed by atoms with van der Waals surface area (Å²) in [6, 6.07) is 18.4. The summed E-state index contributed by atoms with van der Waals surface area (Å²) < 4.78 is 0. The fourth-order valence-corrected chi connectivity index (χ4v) is 6.81. The number of carbonyl (C=O) groups is 3. The molecule has 4 aliphatic rings. The Morgan fingerprint density at radius 1 is 0.694 bits per heavy atom. The summed E-state index contributed by atoms with van der Waals surface area (Å²) >= 11 is 0. The van der Waals surface area contributed by atoms with Crippen LogP contribution in [-0.4, -0.2) is 29.1 Å². The van der Waals surface area contributed by atoms with Crippen molar-refractivity contribution in [2.75, 3.05) is 9.80 Å². The number of hydrogen-bond donors (Lipinski definition) is 1. The van der Waals surface area contributed by atoms with Crippen LogP contribution in [0.5, 0.6) is 0 Å². The first-order chi connectivity index (χ1) is 17.5. The standard InChI is InChI=1S/C30H26N2O4/c33-27-21-9-1-5-17-6-2-10-22(25(17)21)28(34)31(27)19-13-15-20(16-14-19)32-29(35)23-11-3-7-18-8-4-12-24(26(18)23)30(32)36/h1,3,5,7,9,11,13-16,22,24,28,34H,2,4,6,8,10,12H2. The van der Waals surface area contributed by atoms with Gasteiger partial charge in [0, 0.05) is 22.7 Å². The van der Waals surface area contributed by atoms with Crippen LogP contribution in [0.1, 0.15) is 80.5 Å². The number of carbonyl (C=O) groups excluding carboxylic acids is 3. The Bertz CT molecular complexity index is 1440. The van der Waals surface area contributed by atoms with Crippen molar-refractivity contribution in [2.24, 2.45) is 0 Å². The number of anilines is 2. The van der Waals surface area contributed by atoms with E-state index in [1.807, 2.05) is 30.3 Å². The van der Waals surface area contributed by atoms with E-state index in [-0.39, 0.29) is 29.6 Å². The third kappa shape index (κ3) is 2.91. The highest BCUT2D eigenvalue weighted by atomic mass is 16.3. The molecule has 6 heteroatoms. The van der Waals surface area contributed by atoms with Crippen LogP contribution in [0.3, 0.4) is 0 Å². The minimum absolute atomic E-state index is 0.121. The number of imide groups is 1. The molecule has 3 amide bonds. The van der Waals surface area contributed by atoms with Crippen LogP contribution in [0, 0.1) is 0 Å². The molecule has 3 aromatic carbocycles. The molecule has 180 valence electrons. The predicted octanol–water partition coefficient (Wildman–Crippen LogP) is 4.69. The number of aliphatic hydroxyl groups is 1. The van der Waals surface area contributed by atoms with Crippen molar-refractivity contribution in [3.8, 4) is 0 Å². The van der Waals surface area contributed by atoms with Crippen molar-refractivity contribution >= 4 is 29.1 Å². The highest BCUT2D eigenvalue weighted by Gasteiger charge is 2.43. The maximum Gasteiger partial charge on any atom is 0.265 e. The molecule has 3 atom stereocenters. The number of aryl methyl sites for hydroxylation is 2. The Kier molecular flexibility index (Phi) is 4.70. The zero-order valence-corrected chi connectivity index (χ0v) is 19.8. The molecule has 0 saturated heterocycles. The molecule has 3 unspecified atom stereocenters. The zero-order valence-electron chi connectivity index (χ0n) is 19.8. The van der Waals surface area contributed by atoms with Crippen LogP contribution in [-0.2, 0) is 17.6 Å². The van der Waals surface area contributed by atoms with Gasteiger partial charge in [-0.25, -0.2) is 4.90 Å². The van der Waals surface area contributed by atoms with Gasteiger partial charge in [0.05, 0.1) is 11.6 Å². The van der Waals surface area contributed by atoms with E-state index >= 15 is 0 Å². The lowest BCUT2D eigenvalue weighted by atomic mass is 9.76. The number of rotatable bonds is 2. The first-order valence-electron chi connectivity index (χ1n) is 12.8. The molecule has 6 nitrogen and oxygen atoms in total. The van der Waals surface area contributed by atoms with Gasteiger partial charge >= 0.3 is 0 Å². The van der Waals surface area contributed by atoms with E-state index in [9.17, 15) is 19.5 Å². The van der Waals surface area contributed by atoms with Crippen molar-refractivity contribution in [3.63, 3.8) is 0 Å². The summed E-state index contributed by atoms with van der Waals surface area (Å²) in [5.74, 6) is -1.14. The van der Waals surface area contributed by atoms with Crippen molar-refractivity contribution in [2.45, 2.75) is 56.6 Å². The van der Waals surface area contributed by atoms with Crippen molar-refractivity contribution in [1.82, 2.24) is 0 Å². The minimum Gasteiger partial charge on any atom is -0.372 e. The number of aliphatic hydroxyl groups excluding tert-OH is 1. The van der Waals surface area contributed by atoms with Gasteiger partial charge in [0.15, 0.2) is 0 Å². The maximum absolute atomic E-state index is 13.5. The topological polar surface area (TPSA) is 77.9 Å². The smallest absolute Gasteiger partial charge is 0.265 e. The molecule has 0 fully saturated rings. The van der Waals surface area contributed by atoms with E-state index in [0.717, 1.165) is 60.8 Å². The summed E-state index contributed by atoms with van der Waals surface area (Å²) in [4.78, 5) is 43.1. The molecule has 0 spiro atoms. The van der Waals surface area contributed by atoms with Gasteiger partial charge in [-0.1, -0.05) is 24.3 Å². The van der Waals surface area contributed by atoms with Crippen LogP contribution in [0.25, 0.3) is 0 Å². The van der Waals surface area contributed by atoms with E-state index in [1.165, 1.54) is 9.80 Å². The average Bonchev–Trinajstić information content (AvgIpc) is 2.91. The Hall–Kier alpha value is -3.77. The number of nitrogens with zero attached hydrogens (tertiary/aromatic N) is 2. The third-order valence-electron chi connectivity index (χ3n) is 8.42. The molecule has 1 N–H and O–H groups in total. The van der Waals surface area contributed by atoms with Gasteiger partial charge in [0.1, 0.15) is 6.23 Å². The summed E-state index contributed by atoms with van der Waals surface area (Å²) in [7, 11) is 0. The molecule has 3 aromatic rings. The van der Waals surface area contributed by atoms with E-state index in [0.29, 0.717) is 22.5 Å². The quantitative estimate of drug-likeness (QED) is 0.542. The molecule has 7 rings (SSSR count). The molecular formula is C30H26N2O4. The van der Waals surface area contributed by atoms with Crippen LogP contribution >= 0.6 is 0 Å². The third-order valence-corrected chi connectivity index (χ3v) is 8.42. The molecule has 0 radical (unpaired) electrons. The number of hydrogen-bond acceptors (Lipinski definition) is 4. The van der Waals surface area contributed by atoms with Crippen molar-refractivity contribution in [1.29, 1.82) is 0 Å². The SMILES string of the molecule is O=C1c2cccc3c2C(CCC3)C(=O)N1c1ccc(N2C(=O)c3cccc4c3C(CCC4)C2O)cc1. The van der Waals surface area contributed by atoms with Crippen LogP contribution in [0.15, 0.2) is 60.7 Å². The summed E-state index contributed by atoms with van der Waals surface area (Å²) in [6.07, 6.45) is 4.33. The fraction of sp³-hybridized carbons (Fsp3) is 0.300. The Labute approximate surface area is 209 Å². The monoisotopic (exact) mass is 478 g/mol. The fourth-order valence-electron chi connectivity index (χ4n) is 6.81. The number of benzene rings is 3. The summed E-state index contributed by atoms with van der Waals surface area (Å²) in [5.41, 5.74) is 6.43. The Morgan fingerprint density at radius 2 is 1.31 bits per heavy atom. The van der Waals surface area contributed by atoms with Gasteiger partial charge in [0.2, 0.25) is 5.91 Å². The first kappa shape index (κ1) is 21.5. The molecule has 2 aliphatic heterocycles. The first-order valence-corrected chi connectivity index (χ1v) is 12.8. The van der Waals surface area contributed by atoms with E-state index in [1.54, 1.807) is 24.3 Å². The lowest BCUT2D eigenvalue weighted by Crippen LogP contribution is -2.49. The second-order valence-corrected chi connectivity index (χ2v) is 10.3. The van der Waals surface area contributed by atoms with Gasteiger partial charge < -0.3 is 5.11 Å². The van der Waals surface area contributed by atoms with Gasteiger partial charge in [-0.2, -0.15) is 0 Å². The predicted molar refractivity (Wildman–Crippen MR) is 135 cm³/mol. The van der Waals surface area contributed by atoms with E-state index in [2.05, 4.69) is 6.07 Å². The molecule has 2 aliphatic carbocycles. The van der Waals surface area contributed by atoms with Gasteiger partial charge in [-0.15, -0.1) is 0 Å². The van der Waals surface area contributed by atoms with Gasteiger partial charge in [-0.05, 0) is 97.2 Å². The molecule has 2 heterocycles. The summed E-state index contributed by atoms with van der Waals surface area (Å²) in [5, 5.41) is 11.3. The van der Waals surface area contributed by atoms with Crippen LogP contribution < -0.4 is 9.80 Å². The minimum atomic E-state index is -0.955. The van der Waals surface area contributed by atoms with Gasteiger partial charge in [-0.3, -0.25) is 19.3 Å². The van der Waals surface area contributed by atoms with E-state index in [4.69, 9.17) is 0 Å². The Morgan fingerprint density at radius 3 is 2.03 bits per heavy atom. The second-order valence-electron chi connectivity index (χ2n) is 10.3. The highest BCUT2D eigenvalue weighted by molar-refractivity contribution is 6.26. The van der Waals surface area contributed by atoms with Crippen molar-refractivity contribution < 1.29 is 19.5 Å².